The second-order valence-corrected chi connectivity index (χ2v) is 6.72. The maximum atomic E-state index is 12.8. The fraction of sp³-hybridized carbons (Fsp3) is 0.500. The smallest absolute Gasteiger partial charge is 0.239 e. The van der Waals surface area contributed by atoms with E-state index in [0.717, 1.165) is 0 Å². The van der Waals surface area contributed by atoms with Gasteiger partial charge in [0.05, 0.1) is 11.9 Å². The fourth-order valence-electron chi connectivity index (χ4n) is 3.95. The van der Waals surface area contributed by atoms with Crippen molar-refractivity contribution in [3.63, 3.8) is 0 Å². The minimum atomic E-state index is -1.26. The largest absolute Gasteiger partial charge is 0.324 e. The molecule has 2 bridgehead atoms. The van der Waals surface area contributed by atoms with E-state index in [2.05, 4.69) is 10.3 Å². The van der Waals surface area contributed by atoms with E-state index < -0.39 is 27.8 Å². The van der Waals surface area contributed by atoms with Gasteiger partial charge in [-0.15, -0.1) is 0 Å². The summed E-state index contributed by atoms with van der Waals surface area (Å²) in [6.07, 6.45) is 4.13. The minimum absolute atomic E-state index is 0.389. The maximum Gasteiger partial charge on any atom is 0.239 e. The highest BCUT2D eigenvalue weighted by atomic mass is 16.2. The van der Waals surface area contributed by atoms with Crippen LogP contribution < -0.4 is 5.32 Å². The van der Waals surface area contributed by atoms with Gasteiger partial charge in [0.1, 0.15) is 5.41 Å². The average molecular weight is 286 g/mol. The lowest BCUT2D eigenvalue weighted by Crippen LogP contribution is -2.47. The standard InChI is InChI=1S/C16H18N2O3/c1-14(2)15(3)6-7-16(14,12(20)11(15)19)13(21)18-10-5-4-8-17-9-10/h4-5,8-9H,6-7H2,1-3H3,(H,18,21)/t15-,16-/m1/s1. The van der Waals surface area contributed by atoms with E-state index in [1.807, 2.05) is 13.8 Å². The number of nitrogens with one attached hydrogen (secondary N) is 1. The third kappa shape index (κ3) is 1.41. The van der Waals surface area contributed by atoms with Crippen molar-refractivity contribution in [2.75, 3.05) is 5.32 Å². The van der Waals surface area contributed by atoms with Gasteiger partial charge in [-0.25, -0.2) is 0 Å². The Bertz CT molecular complexity index is 653. The van der Waals surface area contributed by atoms with Crippen molar-refractivity contribution in [1.82, 2.24) is 4.98 Å². The monoisotopic (exact) mass is 286 g/mol. The van der Waals surface area contributed by atoms with Crippen molar-refractivity contribution in [3.8, 4) is 0 Å². The summed E-state index contributed by atoms with van der Waals surface area (Å²) in [4.78, 5) is 41.6. The van der Waals surface area contributed by atoms with Gasteiger partial charge in [0.15, 0.2) is 0 Å². The zero-order chi connectivity index (χ0) is 15.5. The Labute approximate surface area is 123 Å². The lowest BCUT2D eigenvalue weighted by atomic mass is 9.64. The van der Waals surface area contributed by atoms with Crippen LogP contribution in [0.4, 0.5) is 5.69 Å². The summed E-state index contributed by atoms with van der Waals surface area (Å²) in [5.41, 5.74) is -2.14. The van der Waals surface area contributed by atoms with Crippen LogP contribution in [0.2, 0.25) is 0 Å². The highest BCUT2D eigenvalue weighted by Gasteiger charge is 2.77. The van der Waals surface area contributed by atoms with E-state index in [9.17, 15) is 14.4 Å². The number of hydrogen-bond donors (Lipinski definition) is 1. The molecule has 2 fully saturated rings. The van der Waals surface area contributed by atoms with Gasteiger partial charge in [-0.2, -0.15) is 0 Å². The maximum absolute atomic E-state index is 12.8. The molecule has 5 heteroatoms. The number of rotatable bonds is 2. The summed E-state index contributed by atoms with van der Waals surface area (Å²) in [6, 6.07) is 3.42. The number of ketones is 2. The number of fused-ring (bicyclic) bond motifs is 2. The Morgan fingerprint density at radius 1 is 1.19 bits per heavy atom. The summed E-state index contributed by atoms with van der Waals surface area (Å²) in [5.74, 6) is -1.33. The molecular formula is C16H18N2O3. The van der Waals surface area contributed by atoms with Crippen molar-refractivity contribution in [1.29, 1.82) is 0 Å². The number of Topliss-reactive ketones (excluding diaryl/α,β-unsaturated/α-hetero) is 2. The van der Waals surface area contributed by atoms with Gasteiger partial charge < -0.3 is 5.32 Å². The van der Waals surface area contributed by atoms with Crippen LogP contribution in [-0.4, -0.2) is 22.5 Å². The van der Waals surface area contributed by atoms with E-state index in [1.54, 1.807) is 25.3 Å². The number of carbonyl (C=O) groups excluding carboxylic acids is 3. The first-order valence-corrected chi connectivity index (χ1v) is 7.08. The summed E-state index contributed by atoms with van der Waals surface area (Å²) < 4.78 is 0. The van der Waals surface area contributed by atoms with E-state index in [1.165, 1.54) is 6.20 Å². The van der Waals surface area contributed by atoms with Crippen molar-refractivity contribution in [2.24, 2.45) is 16.2 Å². The molecule has 2 atom stereocenters. The Morgan fingerprint density at radius 3 is 2.43 bits per heavy atom. The van der Waals surface area contributed by atoms with Crippen molar-refractivity contribution in [3.05, 3.63) is 24.5 Å². The molecule has 1 aromatic heterocycles. The first kappa shape index (κ1) is 13.9. The molecule has 1 heterocycles. The topological polar surface area (TPSA) is 76.1 Å². The van der Waals surface area contributed by atoms with Gasteiger partial charge in [-0.1, -0.05) is 20.8 Å². The van der Waals surface area contributed by atoms with Gasteiger partial charge in [-0.05, 0) is 30.4 Å². The van der Waals surface area contributed by atoms with Gasteiger partial charge in [0.2, 0.25) is 17.5 Å². The molecule has 0 unspecified atom stereocenters. The van der Waals surface area contributed by atoms with Crippen LogP contribution in [0, 0.1) is 16.2 Å². The quantitative estimate of drug-likeness (QED) is 0.666. The van der Waals surface area contributed by atoms with Gasteiger partial charge in [-0.3, -0.25) is 19.4 Å². The van der Waals surface area contributed by atoms with Crippen LogP contribution in [-0.2, 0) is 14.4 Å². The molecule has 2 saturated carbocycles. The lowest BCUT2D eigenvalue weighted by Gasteiger charge is -2.37. The Balaban J connectivity index is 2.02. The first-order valence-electron chi connectivity index (χ1n) is 7.08. The van der Waals surface area contributed by atoms with Gasteiger partial charge >= 0.3 is 0 Å². The zero-order valence-corrected chi connectivity index (χ0v) is 12.4. The predicted molar refractivity (Wildman–Crippen MR) is 76.4 cm³/mol. The molecule has 0 aliphatic heterocycles. The van der Waals surface area contributed by atoms with Crippen LogP contribution >= 0.6 is 0 Å². The highest BCUT2D eigenvalue weighted by Crippen LogP contribution is 2.69. The van der Waals surface area contributed by atoms with Gasteiger partial charge in [0, 0.05) is 11.6 Å². The Morgan fingerprint density at radius 2 is 1.90 bits per heavy atom. The molecule has 0 saturated heterocycles. The van der Waals surface area contributed by atoms with Crippen molar-refractivity contribution in [2.45, 2.75) is 33.6 Å². The van der Waals surface area contributed by atoms with E-state index in [0.29, 0.717) is 18.5 Å². The number of pyridine rings is 1. The number of amides is 1. The Hall–Kier alpha value is -2.04. The second kappa shape index (κ2) is 4.00. The predicted octanol–water partition coefficient (Wildman–Crippen LogP) is 1.98. The van der Waals surface area contributed by atoms with Crippen LogP contribution in [0.1, 0.15) is 33.6 Å². The van der Waals surface area contributed by atoms with Crippen LogP contribution in [0.25, 0.3) is 0 Å². The summed E-state index contributed by atoms with van der Waals surface area (Å²) >= 11 is 0. The number of carbonyl (C=O) groups is 3. The molecule has 1 aromatic rings. The highest BCUT2D eigenvalue weighted by molar-refractivity contribution is 6.49. The first-order chi connectivity index (χ1) is 9.77. The minimum Gasteiger partial charge on any atom is -0.324 e. The number of anilines is 1. The third-order valence-corrected chi connectivity index (χ3v) is 5.85. The third-order valence-electron chi connectivity index (χ3n) is 5.85. The molecule has 0 radical (unpaired) electrons. The molecule has 0 spiro atoms. The van der Waals surface area contributed by atoms with Crippen LogP contribution in [0.5, 0.6) is 0 Å². The second-order valence-electron chi connectivity index (χ2n) is 6.72. The Kier molecular flexibility index (Phi) is 2.65. The lowest BCUT2D eigenvalue weighted by molar-refractivity contribution is -0.147. The molecule has 2 aliphatic rings. The number of hydrogen-bond acceptors (Lipinski definition) is 4. The van der Waals surface area contributed by atoms with E-state index >= 15 is 0 Å². The SMILES string of the molecule is CC1(C)[C@]2(C(=O)Nc3cccnc3)CC[C@]1(C)C(=O)C2=O. The fourth-order valence-corrected chi connectivity index (χ4v) is 3.95. The summed E-state index contributed by atoms with van der Waals surface area (Å²) in [7, 11) is 0. The number of nitrogens with zero attached hydrogens (tertiary/aromatic N) is 1. The van der Waals surface area contributed by atoms with Crippen molar-refractivity contribution < 1.29 is 14.4 Å². The molecular weight excluding hydrogens is 268 g/mol. The molecule has 21 heavy (non-hydrogen) atoms. The molecule has 2 aliphatic carbocycles. The van der Waals surface area contributed by atoms with E-state index in [-0.39, 0.29) is 5.91 Å². The van der Waals surface area contributed by atoms with Crippen LogP contribution in [0.15, 0.2) is 24.5 Å². The molecule has 1 amide bonds. The molecule has 1 N–H and O–H groups in total. The summed E-state index contributed by atoms with van der Waals surface area (Å²) in [6.45, 7) is 5.51. The van der Waals surface area contributed by atoms with Crippen molar-refractivity contribution >= 4 is 23.2 Å². The molecule has 5 nitrogen and oxygen atoms in total. The van der Waals surface area contributed by atoms with Crippen LogP contribution in [0.3, 0.4) is 0 Å². The molecule has 3 rings (SSSR count). The van der Waals surface area contributed by atoms with Gasteiger partial charge in [0.25, 0.3) is 0 Å². The van der Waals surface area contributed by atoms with E-state index in [4.69, 9.17) is 0 Å². The normalized spacial score (nSPS) is 33.3. The average Bonchev–Trinajstić information content (AvgIpc) is 2.72. The molecule has 110 valence electrons. The summed E-state index contributed by atoms with van der Waals surface area (Å²) in [5, 5.41) is 2.75. The zero-order valence-electron chi connectivity index (χ0n) is 12.4. The molecule has 0 aromatic carbocycles. The number of aromatic nitrogens is 1.